The summed E-state index contributed by atoms with van der Waals surface area (Å²) in [6.45, 7) is 1.85. The van der Waals surface area contributed by atoms with Gasteiger partial charge in [0, 0.05) is 51.5 Å². The molecule has 0 aromatic carbocycles. The highest BCUT2D eigenvalue weighted by molar-refractivity contribution is 7.78. The van der Waals surface area contributed by atoms with Crippen molar-refractivity contribution in [2.45, 2.75) is 75.9 Å². The Morgan fingerprint density at radius 1 is 0.638 bits per heavy atom. The van der Waals surface area contributed by atoms with Gasteiger partial charge >= 0.3 is 11.9 Å². The minimum atomic E-state index is -1.25. The first kappa shape index (κ1) is 51.6. The van der Waals surface area contributed by atoms with Gasteiger partial charge in [0.05, 0.1) is 45.7 Å². The predicted molar refractivity (Wildman–Crippen MR) is 206 cm³/mol. The first-order chi connectivity index (χ1) is 27.9. The lowest BCUT2D eigenvalue weighted by molar-refractivity contribution is -0.143. The SMILES string of the molecule is O=CC(CCC(=O)NCCOCCOCC(=O)NCCCCC(NS)C(=O)O)NC(=O)COCCOCCNC(=O)CC[C@H](NC(=O)C1CCN(C=O)CC1)C(=O)O. The third-order valence-electron chi connectivity index (χ3n) is 8.56. The summed E-state index contributed by atoms with van der Waals surface area (Å²) in [4.78, 5) is 107. The van der Waals surface area contributed by atoms with Crippen molar-refractivity contribution in [1.29, 1.82) is 0 Å². The Morgan fingerprint density at radius 2 is 1.17 bits per heavy atom. The third kappa shape index (κ3) is 25.8. The Kier molecular flexibility index (Phi) is 28.9. The molecule has 1 aliphatic rings. The number of hydrogen-bond acceptors (Lipinski definition) is 15. The van der Waals surface area contributed by atoms with Gasteiger partial charge in [0.15, 0.2) is 0 Å². The molecule has 8 N–H and O–H groups in total. The van der Waals surface area contributed by atoms with Crippen molar-refractivity contribution in [3.05, 3.63) is 0 Å². The minimum absolute atomic E-state index is 0.0280. The molecule has 1 fully saturated rings. The maximum absolute atomic E-state index is 12.5. The number of nitrogens with one attached hydrogen (secondary N) is 6. The first-order valence-corrected chi connectivity index (χ1v) is 19.5. The summed E-state index contributed by atoms with van der Waals surface area (Å²) < 4.78 is 23.6. The molecule has 22 nitrogen and oxygen atoms in total. The Morgan fingerprint density at radius 3 is 1.71 bits per heavy atom. The van der Waals surface area contributed by atoms with E-state index in [0.717, 1.165) is 0 Å². The largest absolute Gasteiger partial charge is 0.480 e. The zero-order chi connectivity index (χ0) is 43.0. The van der Waals surface area contributed by atoms with Crippen LogP contribution in [0.15, 0.2) is 0 Å². The van der Waals surface area contributed by atoms with E-state index in [0.29, 0.717) is 64.4 Å². The standard InChI is InChI=1S/C35H59N7O15S/c43-21-26(4-6-29(45)37-11-15-54-17-19-56-22-31(47)36-10-2-1-3-28(41-58)35(52)53)39-32(48)23-57-20-18-55-16-12-38-30(46)7-5-27(34(50)51)40-33(49)25-8-13-42(24-44)14-9-25/h21,24-28,41,58H,1-20,22-23H2,(H,36,47)(H,37,45)(H,38,46)(H,39,48)(H,40,49)(H,50,51)(H,52,53)/t26?,27-,28?/m0/s1. The van der Waals surface area contributed by atoms with Gasteiger partial charge in [-0.1, -0.05) is 12.8 Å². The number of piperidine rings is 1. The van der Waals surface area contributed by atoms with E-state index in [-0.39, 0.29) is 103 Å². The topological polar surface area (TPSA) is 306 Å². The van der Waals surface area contributed by atoms with Crippen LogP contribution in [0.25, 0.3) is 0 Å². The molecule has 1 rings (SSSR count). The molecule has 0 spiro atoms. The molecule has 0 aliphatic carbocycles. The quantitative estimate of drug-likeness (QED) is 0.0176. The number of carbonyl (C=O) groups excluding carboxylic acids is 7. The van der Waals surface area contributed by atoms with Crippen LogP contribution in [0.4, 0.5) is 0 Å². The second-order valence-electron chi connectivity index (χ2n) is 13.1. The van der Waals surface area contributed by atoms with Crippen LogP contribution in [-0.2, 0) is 62.1 Å². The number of nitrogens with zero attached hydrogens (tertiary/aromatic N) is 1. The first-order valence-electron chi connectivity index (χ1n) is 19.1. The molecule has 1 heterocycles. The number of carboxylic acid groups (broad SMARTS) is 2. The van der Waals surface area contributed by atoms with E-state index in [1.54, 1.807) is 4.90 Å². The molecule has 0 radical (unpaired) electrons. The number of carboxylic acids is 2. The summed E-state index contributed by atoms with van der Waals surface area (Å²) in [5, 5.41) is 31.2. The maximum Gasteiger partial charge on any atom is 0.326 e. The average molecular weight is 850 g/mol. The zero-order valence-corrected chi connectivity index (χ0v) is 33.5. The van der Waals surface area contributed by atoms with Crippen molar-refractivity contribution in [3.8, 4) is 0 Å². The normalized spacial score (nSPS) is 14.3. The molecular weight excluding hydrogens is 790 g/mol. The van der Waals surface area contributed by atoms with Gasteiger partial charge in [0.25, 0.3) is 0 Å². The Balaban J connectivity index is 2.02. The second kappa shape index (κ2) is 32.5. The van der Waals surface area contributed by atoms with Gasteiger partial charge in [-0.25, -0.2) is 4.79 Å². The zero-order valence-electron chi connectivity index (χ0n) is 32.6. The number of unbranched alkanes of at least 4 members (excludes halogenated alkanes) is 1. The van der Waals surface area contributed by atoms with E-state index in [4.69, 9.17) is 24.1 Å². The molecule has 0 aromatic rings. The third-order valence-corrected chi connectivity index (χ3v) is 8.87. The van der Waals surface area contributed by atoms with E-state index < -0.39 is 53.7 Å². The number of aldehydes is 1. The van der Waals surface area contributed by atoms with Crippen LogP contribution < -0.4 is 31.3 Å². The molecule has 58 heavy (non-hydrogen) atoms. The number of hydrogen-bond donors (Lipinski definition) is 9. The highest BCUT2D eigenvalue weighted by atomic mass is 32.1. The maximum atomic E-state index is 12.5. The second-order valence-corrected chi connectivity index (χ2v) is 13.4. The number of amides is 6. The van der Waals surface area contributed by atoms with Crippen molar-refractivity contribution >= 4 is 67.0 Å². The fourth-order valence-electron chi connectivity index (χ4n) is 5.27. The molecule has 3 atom stereocenters. The summed E-state index contributed by atoms with van der Waals surface area (Å²) >= 11 is 3.77. The van der Waals surface area contributed by atoms with E-state index in [9.17, 15) is 48.3 Å². The van der Waals surface area contributed by atoms with E-state index >= 15 is 0 Å². The average Bonchev–Trinajstić information content (AvgIpc) is 3.20. The molecule has 23 heteroatoms. The van der Waals surface area contributed by atoms with Crippen molar-refractivity contribution in [2.24, 2.45) is 5.92 Å². The molecule has 0 aromatic heterocycles. The lowest BCUT2D eigenvalue weighted by Crippen LogP contribution is -2.46. The highest BCUT2D eigenvalue weighted by Crippen LogP contribution is 2.17. The summed E-state index contributed by atoms with van der Waals surface area (Å²) in [6.07, 6.45) is 3.49. The van der Waals surface area contributed by atoms with E-state index in [2.05, 4.69) is 44.1 Å². The monoisotopic (exact) mass is 849 g/mol. The number of rotatable bonds is 35. The van der Waals surface area contributed by atoms with Crippen molar-refractivity contribution in [1.82, 2.24) is 36.2 Å². The smallest absolute Gasteiger partial charge is 0.326 e. The number of aliphatic carboxylic acids is 2. The number of ether oxygens (including phenoxy) is 4. The van der Waals surface area contributed by atoms with Gasteiger partial charge in [0.2, 0.25) is 35.9 Å². The molecule has 2 unspecified atom stereocenters. The van der Waals surface area contributed by atoms with Gasteiger partial charge in [-0.2, -0.15) is 0 Å². The fourth-order valence-corrected chi connectivity index (χ4v) is 5.51. The fraction of sp³-hybridized carbons (Fsp3) is 0.743. The Bertz CT molecular complexity index is 1290. The molecule has 6 amide bonds. The van der Waals surface area contributed by atoms with Crippen LogP contribution >= 0.6 is 12.8 Å². The molecule has 1 aliphatic heterocycles. The van der Waals surface area contributed by atoms with Crippen molar-refractivity contribution < 1.29 is 72.3 Å². The van der Waals surface area contributed by atoms with Crippen molar-refractivity contribution in [2.75, 3.05) is 85.6 Å². The molecule has 1 saturated heterocycles. The van der Waals surface area contributed by atoms with Gasteiger partial charge < -0.3 is 65.4 Å². The van der Waals surface area contributed by atoms with Gasteiger partial charge in [0.1, 0.15) is 31.6 Å². The summed E-state index contributed by atoms with van der Waals surface area (Å²) in [7, 11) is 0. The number of likely N-dealkylation sites (tertiary alicyclic amines) is 1. The lowest BCUT2D eigenvalue weighted by atomic mass is 9.95. The Hall–Kier alpha value is -4.42. The number of carbonyl (C=O) groups is 9. The van der Waals surface area contributed by atoms with Crippen LogP contribution in [0.5, 0.6) is 0 Å². The van der Waals surface area contributed by atoms with E-state index in [1.165, 1.54) is 0 Å². The minimum Gasteiger partial charge on any atom is -0.480 e. The van der Waals surface area contributed by atoms with Crippen LogP contribution in [-0.4, -0.2) is 173 Å². The van der Waals surface area contributed by atoms with Crippen molar-refractivity contribution in [3.63, 3.8) is 0 Å². The highest BCUT2D eigenvalue weighted by Gasteiger charge is 2.28. The molecule has 330 valence electrons. The van der Waals surface area contributed by atoms with E-state index in [1.807, 2.05) is 0 Å². The van der Waals surface area contributed by atoms with Gasteiger partial charge in [-0.3, -0.25) is 38.3 Å². The van der Waals surface area contributed by atoms with Gasteiger partial charge in [-0.05, 0) is 44.9 Å². The van der Waals surface area contributed by atoms with Crippen LogP contribution in [0.3, 0.4) is 0 Å². The lowest BCUT2D eigenvalue weighted by Gasteiger charge is -2.29. The van der Waals surface area contributed by atoms with Crippen LogP contribution in [0, 0.1) is 5.92 Å². The predicted octanol–water partition coefficient (Wildman–Crippen LogP) is -2.86. The van der Waals surface area contributed by atoms with Gasteiger partial charge in [-0.15, -0.1) is 0 Å². The van der Waals surface area contributed by atoms with Crippen LogP contribution in [0.2, 0.25) is 0 Å². The molecular formula is C35H59N7O15S. The number of thiol groups is 1. The molecule has 0 saturated carbocycles. The Labute approximate surface area is 342 Å². The summed E-state index contributed by atoms with van der Waals surface area (Å²) in [5.41, 5.74) is 0. The summed E-state index contributed by atoms with van der Waals surface area (Å²) in [6, 6.07) is -2.88. The van der Waals surface area contributed by atoms with Crippen LogP contribution in [0.1, 0.15) is 57.8 Å². The molecule has 0 bridgehead atoms. The summed E-state index contributed by atoms with van der Waals surface area (Å²) in [5.74, 6) is -4.70.